The highest BCUT2D eigenvalue weighted by Crippen LogP contribution is 2.43. The van der Waals surface area contributed by atoms with Gasteiger partial charge in [-0.05, 0) is 25.7 Å². The number of esters is 2. The van der Waals surface area contributed by atoms with E-state index in [1.807, 2.05) is 0 Å². The lowest BCUT2D eigenvalue weighted by molar-refractivity contribution is -0.276. The number of alkyl halides is 3. The largest absolute Gasteiger partial charge is 0.466 e. The summed E-state index contributed by atoms with van der Waals surface area (Å²) in [6.45, 7) is 3.51. The summed E-state index contributed by atoms with van der Waals surface area (Å²) in [5.41, 5.74) is -3.53. The molecule has 2 atom stereocenters. The SMILES string of the molecule is CCOC(=O)CCC[C@H](C)COC(=O)[C@@](OC)(c1ccccc1)C(F)(F)F. The lowest BCUT2D eigenvalue weighted by Gasteiger charge is -2.32. The predicted molar refractivity (Wildman–Crippen MR) is 91.8 cm³/mol. The molecule has 0 unspecified atom stereocenters. The lowest BCUT2D eigenvalue weighted by atomic mass is 9.92. The molecule has 8 heteroatoms. The fourth-order valence-electron chi connectivity index (χ4n) is 2.62. The molecule has 0 aliphatic carbocycles. The molecule has 152 valence electrons. The van der Waals surface area contributed by atoms with Crippen molar-refractivity contribution in [3.05, 3.63) is 35.9 Å². The van der Waals surface area contributed by atoms with Crippen molar-refractivity contribution in [2.45, 2.75) is 44.9 Å². The molecule has 0 spiro atoms. The minimum Gasteiger partial charge on any atom is -0.466 e. The monoisotopic (exact) mass is 390 g/mol. The molecule has 1 aromatic carbocycles. The van der Waals surface area contributed by atoms with Gasteiger partial charge in [-0.3, -0.25) is 4.79 Å². The van der Waals surface area contributed by atoms with E-state index in [4.69, 9.17) is 9.47 Å². The molecule has 1 aromatic rings. The third kappa shape index (κ3) is 5.95. The average molecular weight is 390 g/mol. The van der Waals surface area contributed by atoms with Gasteiger partial charge in [0.2, 0.25) is 0 Å². The van der Waals surface area contributed by atoms with E-state index in [0.29, 0.717) is 19.4 Å². The average Bonchev–Trinajstić information content (AvgIpc) is 2.61. The topological polar surface area (TPSA) is 61.8 Å². The summed E-state index contributed by atoms with van der Waals surface area (Å²) in [7, 11) is 0.824. The van der Waals surface area contributed by atoms with Crippen LogP contribution in [0.5, 0.6) is 0 Å². The van der Waals surface area contributed by atoms with E-state index in [9.17, 15) is 22.8 Å². The zero-order valence-electron chi connectivity index (χ0n) is 15.7. The van der Waals surface area contributed by atoms with Gasteiger partial charge >= 0.3 is 18.1 Å². The smallest absolute Gasteiger partial charge is 0.432 e. The molecule has 0 radical (unpaired) electrons. The Morgan fingerprint density at radius 3 is 2.26 bits per heavy atom. The molecule has 0 aliphatic rings. The van der Waals surface area contributed by atoms with Crippen LogP contribution < -0.4 is 0 Å². The second kappa shape index (κ2) is 10.3. The summed E-state index contributed by atoms with van der Waals surface area (Å²) in [5.74, 6) is -2.07. The normalized spacial score (nSPS) is 14.9. The lowest BCUT2D eigenvalue weighted by Crippen LogP contribution is -2.52. The van der Waals surface area contributed by atoms with Gasteiger partial charge in [-0.2, -0.15) is 13.2 Å². The fourth-order valence-corrected chi connectivity index (χ4v) is 2.62. The van der Waals surface area contributed by atoms with Gasteiger partial charge in [0.05, 0.1) is 13.2 Å². The Bertz CT molecular complexity index is 603. The van der Waals surface area contributed by atoms with Crippen LogP contribution in [0.1, 0.15) is 38.7 Å². The van der Waals surface area contributed by atoms with Gasteiger partial charge in [-0.15, -0.1) is 0 Å². The van der Waals surface area contributed by atoms with Crippen LogP contribution >= 0.6 is 0 Å². The fraction of sp³-hybridized carbons (Fsp3) is 0.579. The van der Waals surface area contributed by atoms with E-state index >= 15 is 0 Å². The molecule has 1 rings (SSSR count). The number of carbonyl (C=O) groups is 2. The van der Waals surface area contributed by atoms with Crippen molar-refractivity contribution in [2.24, 2.45) is 5.92 Å². The number of rotatable bonds is 10. The second-order valence-electron chi connectivity index (χ2n) is 6.15. The third-order valence-electron chi connectivity index (χ3n) is 4.06. The van der Waals surface area contributed by atoms with E-state index in [1.54, 1.807) is 13.8 Å². The number of methoxy groups -OCH3 is 1. The number of carbonyl (C=O) groups excluding carboxylic acids is 2. The molecule has 0 saturated carbocycles. The molecular formula is C19H25F3O5. The van der Waals surface area contributed by atoms with Crippen molar-refractivity contribution in [2.75, 3.05) is 20.3 Å². The van der Waals surface area contributed by atoms with Crippen LogP contribution in [-0.4, -0.2) is 38.4 Å². The Hall–Kier alpha value is -2.09. The quantitative estimate of drug-likeness (QED) is 0.565. The highest BCUT2D eigenvalue weighted by Gasteiger charge is 2.64. The van der Waals surface area contributed by atoms with Crippen molar-refractivity contribution in [1.29, 1.82) is 0 Å². The van der Waals surface area contributed by atoms with Crippen LogP contribution in [0.2, 0.25) is 0 Å². The highest BCUT2D eigenvalue weighted by atomic mass is 19.4. The van der Waals surface area contributed by atoms with Crippen LogP contribution in [0.25, 0.3) is 0 Å². The maximum absolute atomic E-state index is 13.7. The Morgan fingerprint density at radius 2 is 1.74 bits per heavy atom. The summed E-state index contributed by atoms with van der Waals surface area (Å²) < 4.78 is 55.6. The van der Waals surface area contributed by atoms with Crippen molar-refractivity contribution in [1.82, 2.24) is 0 Å². The standard InChI is InChI=1S/C19H25F3O5/c1-4-26-16(23)12-8-9-14(2)13-27-17(24)18(25-3,19(20,21)22)15-10-6-5-7-11-15/h5-7,10-11,14H,4,8-9,12-13H2,1-3H3/t14-,18-/m0/s1. The number of ether oxygens (including phenoxy) is 3. The van der Waals surface area contributed by atoms with Gasteiger partial charge in [0, 0.05) is 19.1 Å². The Balaban J connectivity index is 2.74. The third-order valence-corrected chi connectivity index (χ3v) is 4.06. The zero-order valence-corrected chi connectivity index (χ0v) is 15.7. The van der Waals surface area contributed by atoms with Crippen molar-refractivity contribution >= 4 is 11.9 Å². The van der Waals surface area contributed by atoms with Crippen molar-refractivity contribution in [3.63, 3.8) is 0 Å². The summed E-state index contributed by atoms with van der Waals surface area (Å²) in [6, 6.07) is 6.65. The first kappa shape index (κ1) is 23.0. The number of halogens is 3. The van der Waals surface area contributed by atoms with Gasteiger partial charge in [0.25, 0.3) is 5.60 Å². The first-order valence-electron chi connectivity index (χ1n) is 8.69. The van der Waals surface area contributed by atoms with E-state index in [0.717, 1.165) is 7.11 Å². The highest BCUT2D eigenvalue weighted by molar-refractivity contribution is 5.82. The minimum atomic E-state index is -4.99. The molecule has 0 fully saturated rings. The van der Waals surface area contributed by atoms with Crippen LogP contribution in [0.3, 0.4) is 0 Å². The molecule has 27 heavy (non-hydrogen) atoms. The molecule has 0 bridgehead atoms. The predicted octanol–water partition coefficient (Wildman–Crippen LogP) is 4.00. The summed E-state index contributed by atoms with van der Waals surface area (Å²) in [6.07, 6.45) is -3.79. The number of hydrogen-bond donors (Lipinski definition) is 0. The van der Waals surface area contributed by atoms with Gasteiger partial charge < -0.3 is 14.2 Å². The minimum absolute atomic E-state index is 0.209. The molecule has 0 amide bonds. The van der Waals surface area contributed by atoms with E-state index in [2.05, 4.69) is 4.74 Å². The number of benzene rings is 1. The van der Waals surface area contributed by atoms with E-state index in [-0.39, 0.29) is 30.5 Å². The van der Waals surface area contributed by atoms with E-state index in [1.165, 1.54) is 30.3 Å². The van der Waals surface area contributed by atoms with Crippen LogP contribution in [0, 0.1) is 5.92 Å². The van der Waals surface area contributed by atoms with Gasteiger partial charge in [-0.25, -0.2) is 4.79 Å². The maximum Gasteiger partial charge on any atom is 0.432 e. The van der Waals surface area contributed by atoms with Gasteiger partial charge in [-0.1, -0.05) is 37.3 Å². The summed E-state index contributed by atoms with van der Waals surface area (Å²) in [4.78, 5) is 23.7. The van der Waals surface area contributed by atoms with Crippen molar-refractivity contribution in [3.8, 4) is 0 Å². The Labute approximate surface area is 156 Å². The van der Waals surface area contributed by atoms with Crippen LogP contribution in [-0.2, 0) is 29.4 Å². The molecule has 0 N–H and O–H groups in total. The molecule has 0 aliphatic heterocycles. The van der Waals surface area contributed by atoms with Crippen LogP contribution in [0.15, 0.2) is 30.3 Å². The van der Waals surface area contributed by atoms with Crippen LogP contribution in [0.4, 0.5) is 13.2 Å². The van der Waals surface area contributed by atoms with E-state index < -0.39 is 17.7 Å². The number of hydrogen-bond acceptors (Lipinski definition) is 5. The second-order valence-corrected chi connectivity index (χ2v) is 6.15. The Kier molecular flexibility index (Phi) is 8.75. The summed E-state index contributed by atoms with van der Waals surface area (Å²) in [5, 5.41) is 0. The Morgan fingerprint density at radius 1 is 1.11 bits per heavy atom. The molecule has 5 nitrogen and oxygen atoms in total. The summed E-state index contributed by atoms with van der Waals surface area (Å²) >= 11 is 0. The van der Waals surface area contributed by atoms with Gasteiger partial charge in [0.1, 0.15) is 0 Å². The first-order valence-corrected chi connectivity index (χ1v) is 8.69. The molecular weight excluding hydrogens is 365 g/mol. The van der Waals surface area contributed by atoms with Gasteiger partial charge in [0.15, 0.2) is 0 Å². The first-order chi connectivity index (χ1) is 12.7. The van der Waals surface area contributed by atoms with Crippen molar-refractivity contribution < 1.29 is 37.0 Å². The molecule has 0 saturated heterocycles. The molecule has 0 heterocycles. The molecule has 0 aromatic heterocycles. The maximum atomic E-state index is 13.7. The zero-order chi connectivity index (χ0) is 20.5.